The highest BCUT2D eigenvalue weighted by atomic mass is 35.5. The average molecular weight is 425 g/mol. The van der Waals surface area contributed by atoms with Crippen LogP contribution in [-0.2, 0) is 0 Å². The normalized spacial score (nSPS) is 16.5. The molecule has 2 aromatic rings. The Labute approximate surface area is 173 Å². The van der Waals surface area contributed by atoms with E-state index in [1.807, 2.05) is 6.07 Å². The molecule has 1 aliphatic heterocycles. The summed E-state index contributed by atoms with van der Waals surface area (Å²) in [4.78, 5) is 21.9. The maximum Gasteiger partial charge on any atom is 0.271 e. The highest BCUT2D eigenvalue weighted by molar-refractivity contribution is 6.42. The zero-order valence-corrected chi connectivity index (χ0v) is 16.7. The number of β-amino-alcohol motifs (C(OH)–C–C–N with tert-alkyl or cyclic N) is 1. The van der Waals surface area contributed by atoms with E-state index < -0.39 is 6.10 Å². The lowest BCUT2D eigenvalue weighted by molar-refractivity contribution is 0.0593. The van der Waals surface area contributed by atoms with Crippen LogP contribution in [0.25, 0.3) is 0 Å². The Morgan fingerprint density at radius 2 is 2.07 bits per heavy atom. The van der Waals surface area contributed by atoms with Crippen LogP contribution in [0.5, 0.6) is 5.75 Å². The number of amides is 1. The third kappa shape index (κ3) is 6.04. The minimum absolute atomic E-state index is 0.0991. The Bertz CT molecular complexity index is 786. The summed E-state index contributed by atoms with van der Waals surface area (Å²) in [6.45, 7) is 2.26. The van der Waals surface area contributed by atoms with Crippen molar-refractivity contribution in [1.29, 1.82) is 0 Å². The Kier molecular flexibility index (Phi) is 7.44. The molecule has 1 amide bonds. The molecule has 3 rings (SSSR count). The predicted molar refractivity (Wildman–Crippen MR) is 107 cm³/mol. The van der Waals surface area contributed by atoms with Crippen molar-refractivity contribution in [2.45, 2.75) is 25.0 Å². The fraction of sp³-hybridized carbons (Fsp3) is 0.421. The number of likely N-dealkylation sites (tertiary alicyclic amines) is 1. The number of aromatic nitrogens is 2. The van der Waals surface area contributed by atoms with Crippen LogP contribution >= 0.6 is 23.2 Å². The van der Waals surface area contributed by atoms with Crippen molar-refractivity contribution in [2.24, 2.45) is 0 Å². The molecule has 1 aromatic carbocycles. The van der Waals surface area contributed by atoms with Gasteiger partial charge in [-0.2, -0.15) is 0 Å². The number of hydrogen-bond donors (Lipinski definition) is 2. The molecule has 1 fully saturated rings. The first-order valence-corrected chi connectivity index (χ1v) is 9.83. The van der Waals surface area contributed by atoms with E-state index in [-0.39, 0.29) is 24.2 Å². The number of rotatable bonds is 7. The summed E-state index contributed by atoms with van der Waals surface area (Å²) in [7, 11) is 0. The van der Waals surface area contributed by atoms with Crippen molar-refractivity contribution < 1.29 is 14.6 Å². The average Bonchev–Trinajstić information content (AvgIpc) is 2.71. The summed E-state index contributed by atoms with van der Waals surface area (Å²) >= 11 is 11.9. The van der Waals surface area contributed by atoms with Crippen LogP contribution in [0.1, 0.15) is 23.3 Å². The molecular formula is C19H22Cl2N4O3. The lowest BCUT2D eigenvalue weighted by Crippen LogP contribution is -2.45. The molecule has 7 nitrogen and oxygen atoms in total. The van der Waals surface area contributed by atoms with Crippen molar-refractivity contribution in [2.75, 3.05) is 26.2 Å². The molecule has 2 heterocycles. The molecule has 0 radical (unpaired) electrons. The van der Waals surface area contributed by atoms with Crippen molar-refractivity contribution in [3.63, 3.8) is 0 Å². The highest BCUT2D eigenvalue weighted by Crippen LogP contribution is 2.28. The van der Waals surface area contributed by atoms with Gasteiger partial charge >= 0.3 is 0 Å². The number of carbonyl (C=O) groups is 1. The van der Waals surface area contributed by atoms with Crippen LogP contribution < -0.4 is 10.1 Å². The van der Waals surface area contributed by atoms with Crippen LogP contribution in [0.3, 0.4) is 0 Å². The molecule has 9 heteroatoms. The first kappa shape index (κ1) is 20.8. The lowest BCUT2D eigenvalue weighted by atomic mass is 10.1. The van der Waals surface area contributed by atoms with Gasteiger partial charge in [0.1, 0.15) is 17.5 Å². The smallest absolute Gasteiger partial charge is 0.271 e. The highest BCUT2D eigenvalue weighted by Gasteiger charge is 2.22. The van der Waals surface area contributed by atoms with Gasteiger partial charge in [-0.1, -0.05) is 23.2 Å². The second-order valence-corrected chi connectivity index (χ2v) is 7.46. The second-order valence-electron chi connectivity index (χ2n) is 6.65. The molecule has 0 bridgehead atoms. The third-order valence-corrected chi connectivity index (χ3v) is 5.23. The van der Waals surface area contributed by atoms with Crippen LogP contribution in [0.2, 0.25) is 10.0 Å². The fourth-order valence-corrected chi connectivity index (χ4v) is 3.32. The molecule has 1 saturated heterocycles. The molecule has 1 atom stereocenters. The van der Waals surface area contributed by atoms with Gasteiger partial charge < -0.3 is 20.1 Å². The molecule has 1 aliphatic rings. The first-order valence-electron chi connectivity index (χ1n) is 9.07. The molecule has 150 valence electrons. The summed E-state index contributed by atoms with van der Waals surface area (Å²) < 4.78 is 5.97. The largest absolute Gasteiger partial charge is 0.490 e. The van der Waals surface area contributed by atoms with Gasteiger partial charge in [0.25, 0.3) is 5.91 Å². The number of carbonyl (C=O) groups excluding carboxylic acids is 1. The van der Waals surface area contributed by atoms with Gasteiger partial charge in [-0.25, -0.2) is 4.98 Å². The van der Waals surface area contributed by atoms with Gasteiger partial charge in [0.05, 0.1) is 22.3 Å². The summed E-state index contributed by atoms with van der Waals surface area (Å²) in [6, 6.07) is 5.25. The van der Waals surface area contributed by atoms with Gasteiger partial charge in [-0.15, -0.1) is 0 Å². The minimum atomic E-state index is -0.659. The Morgan fingerprint density at radius 3 is 2.75 bits per heavy atom. The van der Waals surface area contributed by atoms with E-state index in [2.05, 4.69) is 20.2 Å². The van der Waals surface area contributed by atoms with E-state index in [9.17, 15) is 9.90 Å². The molecule has 1 unspecified atom stereocenters. The standard InChI is InChI=1S/C19H22Cl2N4O3/c20-16-2-1-15(9-17(16)21)28-14-3-7-25(8-4-14)12-13(26)10-24-19(27)18-11-22-5-6-23-18/h1-2,5-6,9,11,13-14,26H,3-4,7-8,10,12H2,(H,24,27). The van der Waals surface area contributed by atoms with E-state index in [0.29, 0.717) is 22.3 Å². The molecule has 2 N–H and O–H groups in total. The van der Waals surface area contributed by atoms with Crippen molar-refractivity contribution in [3.8, 4) is 5.75 Å². The van der Waals surface area contributed by atoms with Gasteiger partial charge in [-0.05, 0) is 25.0 Å². The quantitative estimate of drug-likeness (QED) is 0.709. The number of benzene rings is 1. The maximum absolute atomic E-state index is 11.9. The topological polar surface area (TPSA) is 87.6 Å². The van der Waals surface area contributed by atoms with E-state index >= 15 is 0 Å². The van der Waals surface area contributed by atoms with Crippen molar-refractivity contribution >= 4 is 29.1 Å². The number of ether oxygens (including phenoxy) is 1. The molecule has 0 saturated carbocycles. The number of piperidine rings is 1. The zero-order chi connectivity index (χ0) is 19.9. The number of halogens is 2. The van der Waals surface area contributed by atoms with Crippen molar-refractivity contribution in [1.82, 2.24) is 20.2 Å². The first-order chi connectivity index (χ1) is 13.5. The van der Waals surface area contributed by atoms with Crippen LogP contribution in [-0.4, -0.2) is 64.3 Å². The fourth-order valence-electron chi connectivity index (χ4n) is 3.03. The monoisotopic (exact) mass is 424 g/mol. The third-order valence-electron chi connectivity index (χ3n) is 4.49. The van der Waals surface area contributed by atoms with Crippen LogP contribution in [0.15, 0.2) is 36.8 Å². The Balaban J connectivity index is 1.37. The summed E-state index contributed by atoms with van der Waals surface area (Å²) in [6.07, 6.45) is 5.48. The van der Waals surface area contributed by atoms with Gasteiger partial charge in [0.15, 0.2) is 0 Å². The van der Waals surface area contributed by atoms with Crippen molar-refractivity contribution in [3.05, 3.63) is 52.5 Å². The molecule has 0 aliphatic carbocycles. The number of aliphatic hydroxyl groups excluding tert-OH is 1. The van der Waals surface area contributed by atoms with Crippen LogP contribution in [0.4, 0.5) is 0 Å². The van der Waals surface area contributed by atoms with E-state index in [0.717, 1.165) is 25.9 Å². The van der Waals surface area contributed by atoms with E-state index in [4.69, 9.17) is 27.9 Å². The summed E-state index contributed by atoms with van der Waals surface area (Å²) in [5.41, 5.74) is 0.231. The molecule has 28 heavy (non-hydrogen) atoms. The Hall–Kier alpha value is -1.93. The number of aliphatic hydroxyl groups is 1. The Morgan fingerprint density at radius 1 is 1.29 bits per heavy atom. The maximum atomic E-state index is 11.9. The van der Waals surface area contributed by atoms with Crippen LogP contribution in [0, 0.1) is 0 Å². The SMILES string of the molecule is O=C(NCC(O)CN1CCC(Oc2ccc(Cl)c(Cl)c2)CC1)c1cnccn1. The lowest BCUT2D eigenvalue weighted by Gasteiger charge is -2.33. The summed E-state index contributed by atoms with van der Waals surface area (Å²) in [5, 5.41) is 13.9. The number of hydrogen-bond acceptors (Lipinski definition) is 6. The van der Waals surface area contributed by atoms with Gasteiger partial charge in [0, 0.05) is 44.6 Å². The summed E-state index contributed by atoms with van der Waals surface area (Å²) in [5.74, 6) is 0.362. The zero-order valence-electron chi connectivity index (χ0n) is 15.2. The second kappa shape index (κ2) is 10.0. The molecular weight excluding hydrogens is 403 g/mol. The molecule has 1 aromatic heterocycles. The van der Waals surface area contributed by atoms with Gasteiger partial charge in [-0.3, -0.25) is 9.78 Å². The predicted octanol–water partition coefficient (Wildman–Crippen LogP) is 2.42. The minimum Gasteiger partial charge on any atom is -0.490 e. The van der Waals surface area contributed by atoms with E-state index in [1.54, 1.807) is 12.1 Å². The number of nitrogens with zero attached hydrogens (tertiary/aromatic N) is 3. The number of nitrogens with one attached hydrogen (secondary N) is 1. The van der Waals surface area contributed by atoms with Gasteiger partial charge in [0.2, 0.25) is 0 Å². The van der Waals surface area contributed by atoms with E-state index in [1.165, 1.54) is 18.6 Å². The molecule has 0 spiro atoms.